The number of hydrogen-bond donors (Lipinski definition) is 2. The van der Waals surface area contributed by atoms with Crippen LogP contribution in [0, 0.1) is 11.3 Å². The lowest BCUT2D eigenvalue weighted by atomic mass is 9.67. The van der Waals surface area contributed by atoms with Crippen molar-refractivity contribution in [3.05, 3.63) is 12.7 Å². The van der Waals surface area contributed by atoms with Crippen LogP contribution in [0.2, 0.25) is 0 Å². The molecule has 0 unspecified atom stereocenters. The molecule has 14 heavy (non-hydrogen) atoms. The van der Waals surface area contributed by atoms with Crippen LogP contribution in [0.1, 0.15) is 34.6 Å². The molecule has 3 heteroatoms. The summed E-state index contributed by atoms with van der Waals surface area (Å²) in [5, 5.41) is 11.4. The fourth-order valence-corrected chi connectivity index (χ4v) is 1.97. The zero-order valence-electron chi connectivity index (χ0n) is 9.72. The summed E-state index contributed by atoms with van der Waals surface area (Å²) in [6.07, 6.45) is 0.694. The van der Waals surface area contributed by atoms with E-state index in [4.69, 9.17) is 5.11 Å². The minimum atomic E-state index is -1.01. The Morgan fingerprint density at radius 1 is 1.43 bits per heavy atom. The first-order valence-electron chi connectivity index (χ1n) is 4.82. The summed E-state index contributed by atoms with van der Waals surface area (Å²) in [5.74, 6) is 0.163. The summed E-state index contributed by atoms with van der Waals surface area (Å²) in [4.78, 5) is 10.8. The number of amides is 1. The van der Waals surface area contributed by atoms with Crippen molar-refractivity contribution in [1.82, 2.24) is 5.32 Å². The van der Waals surface area contributed by atoms with E-state index in [0.717, 1.165) is 0 Å². The highest BCUT2D eigenvalue weighted by atomic mass is 16.4. The summed E-state index contributed by atoms with van der Waals surface area (Å²) >= 11 is 0. The van der Waals surface area contributed by atoms with Gasteiger partial charge in [-0.15, -0.1) is 6.58 Å². The SMILES string of the molecule is C=C[C@@](NC(=O)O)(C(C)C)C(C)(C)C. The van der Waals surface area contributed by atoms with Crippen LogP contribution in [0.4, 0.5) is 4.79 Å². The number of hydrogen-bond acceptors (Lipinski definition) is 1. The number of carboxylic acid groups (broad SMARTS) is 1. The standard InChI is InChI=1S/C11H21NO2/c1-7-11(8(2)3,10(4,5)6)12-9(13)14/h7-8,12H,1H2,2-6H3,(H,13,14)/t11-/m1/s1. The van der Waals surface area contributed by atoms with Gasteiger partial charge in [-0.2, -0.15) is 0 Å². The molecule has 1 amide bonds. The zero-order valence-corrected chi connectivity index (χ0v) is 9.72. The van der Waals surface area contributed by atoms with Gasteiger partial charge in [0.1, 0.15) is 0 Å². The van der Waals surface area contributed by atoms with Gasteiger partial charge in [-0.1, -0.05) is 40.7 Å². The summed E-state index contributed by atoms with van der Waals surface area (Å²) in [6.45, 7) is 13.7. The van der Waals surface area contributed by atoms with Gasteiger partial charge in [0.05, 0.1) is 5.54 Å². The Labute approximate surface area is 86.2 Å². The molecule has 0 radical (unpaired) electrons. The monoisotopic (exact) mass is 199 g/mol. The van der Waals surface area contributed by atoms with Crippen LogP contribution in [-0.4, -0.2) is 16.7 Å². The van der Waals surface area contributed by atoms with Crippen LogP contribution in [-0.2, 0) is 0 Å². The smallest absolute Gasteiger partial charge is 0.405 e. The van der Waals surface area contributed by atoms with Crippen molar-refractivity contribution in [3.8, 4) is 0 Å². The lowest BCUT2D eigenvalue weighted by Gasteiger charge is -2.45. The maximum absolute atomic E-state index is 10.8. The molecule has 3 nitrogen and oxygen atoms in total. The van der Waals surface area contributed by atoms with Gasteiger partial charge in [-0.25, -0.2) is 4.79 Å². The van der Waals surface area contributed by atoms with Gasteiger partial charge in [-0.3, -0.25) is 0 Å². The minimum absolute atomic E-state index is 0.163. The highest BCUT2D eigenvalue weighted by molar-refractivity contribution is 5.66. The molecular weight excluding hydrogens is 178 g/mol. The second-order valence-corrected chi connectivity index (χ2v) is 4.91. The Morgan fingerprint density at radius 2 is 1.86 bits per heavy atom. The van der Waals surface area contributed by atoms with Gasteiger partial charge in [0.25, 0.3) is 0 Å². The summed E-state index contributed by atoms with van der Waals surface area (Å²) in [7, 11) is 0. The Kier molecular flexibility index (Phi) is 3.74. The van der Waals surface area contributed by atoms with E-state index < -0.39 is 11.6 Å². The second-order valence-electron chi connectivity index (χ2n) is 4.91. The molecule has 0 aromatic carbocycles. The molecule has 1 atom stereocenters. The van der Waals surface area contributed by atoms with Crippen molar-refractivity contribution < 1.29 is 9.90 Å². The van der Waals surface area contributed by atoms with Gasteiger partial charge in [0.2, 0.25) is 0 Å². The molecule has 0 aromatic rings. The van der Waals surface area contributed by atoms with Gasteiger partial charge in [0, 0.05) is 0 Å². The van der Waals surface area contributed by atoms with Crippen LogP contribution >= 0.6 is 0 Å². The summed E-state index contributed by atoms with van der Waals surface area (Å²) in [6, 6.07) is 0. The van der Waals surface area contributed by atoms with E-state index in [2.05, 4.69) is 11.9 Å². The van der Waals surface area contributed by atoms with Crippen molar-refractivity contribution >= 4 is 6.09 Å². The highest BCUT2D eigenvalue weighted by Gasteiger charge is 2.43. The molecule has 0 aliphatic rings. The molecule has 0 rings (SSSR count). The molecule has 2 N–H and O–H groups in total. The van der Waals surface area contributed by atoms with Crippen molar-refractivity contribution in [2.75, 3.05) is 0 Å². The van der Waals surface area contributed by atoms with E-state index in [0.29, 0.717) is 0 Å². The Bertz CT molecular complexity index is 228. The first-order valence-corrected chi connectivity index (χ1v) is 4.82. The van der Waals surface area contributed by atoms with Crippen molar-refractivity contribution in [2.45, 2.75) is 40.2 Å². The average Bonchev–Trinajstić information content (AvgIpc) is 1.96. The fraction of sp³-hybridized carbons (Fsp3) is 0.727. The largest absolute Gasteiger partial charge is 0.465 e. The van der Waals surface area contributed by atoms with Crippen molar-refractivity contribution in [1.29, 1.82) is 0 Å². The molecule has 0 saturated carbocycles. The second kappa shape index (κ2) is 4.03. The average molecular weight is 199 g/mol. The fourth-order valence-electron chi connectivity index (χ4n) is 1.97. The normalized spacial score (nSPS) is 16.1. The first-order chi connectivity index (χ1) is 6.17. The maximum Gasteiger partial charge on any atom is 0.405 e. The van der Waals surface area contributed by atoms with Crippen LogP contribution in [0.25, 0.3) is 0 Å². The molecule has 0 saturated heterocycles. The van der Waals surface area contributed by atoms with E-state index in [9.17, 15) is 4.79 Å². The molecule has 0 aliphatic carbocycles. The quantitative estimate of drug-likeness (QED) is 0.687. The predicted molar refractivity (Wildman–Crippen MR) is 58.4 cm³/mol. The van der Waals surface area contributed by atoms with Crippen LogP contribution < -0.4 is 5.32 Å². The zero-order chi connectivity index (χ0) is 11.6. The molecule has 82 valence electrons. The number of rotatable bonds is 3. The topological polar surface area (TPSA) is 49.3 Å². The lowest BCUT2D eigenvalue weighted by Crippen LogP contribution is -2.58. The molecule has 0 heterocycles. The molecular formula is C11H21NO2. The summed E-state index contributed by atoms with van der Waals surface area (Å²) in [5.41, 5.74) is -0.778. The third-order valence-corrected chi connectivity index (χ3v) is 2.79. The molecule has 0 aliphatic heterocycles. The van der Waals surface area contributed by atoms with Crippen LogP contribution in [0.5, 0.6) is 0 Å². The van der Waals surface area contributed by atoms with Crippen molar-refractivity contribution in [2.24, 2.45) is 11.3 Å². The predicted octanol–water partition coefficient (Wildman–Crippen LogP) is 2.88. The first kappa shape index (κ1) is 13.0. The third-order valence-electron chi connectivity index (χ3n) is 2.79. The van der Waals surface area contributed by atoms with E-state index >= 15 is 0 Å². The van der Waals surface area contributed by atoms with Crippen LogP contribution in [0.15, 0.2) is 12.7 Å². The maximum atomic E-state index is 10.8. The van der Waals surface area contributed by atoms with E-state index in [1.54, 1.807) is 6.08 Å². The lowest BCUT2D eigenvalue weighted by molar-refractivity contribution is 0.117. The van der Waals surface area contributed by atoms with E-state index in [-0.39, 0.29) is 11.3 Å². The van der Waals surface area contributed by atoms with Gasteiger partial charge in [-0.05, 0) is 11.3 Å². The Morgan fingerprint density at radius 3 is 1.93 bits per heavy atom. The molecule has 0 fully saturated rings. The highest BCUT2D eigenvalue weighted by Crippen LogP contribution is 2.37. The Balaban J connectivity index is 5.20. The molecule has 0 bridgehead atoms. The number of nitrogens with one attached hydrogen (secondary N) is 1. The molecule has 0 spiro atoms. The van der Waals surface area contributed by atoms with E-state index in [1.807, 2.05) is 34.6 Å². The van der Waals surface area contributed by atoms with Crippen LogP contribution in [0.3, 0.4) is 0 Å². The van der Waals surface area contributed by atoms with E-state index in [1.165, 1.54) is 0 Å². The van der Waals surface area contributed by atoms with Gasteiger partial charge < -0.3 is 10.4 Å². The minimum Gasteiger partial charge on any atom is -0.465 e. The van der Waals surface area contributed by atoms with Crippen molar-refractivity contribution in [3.63, 3.8) is 0 Å². The Hall–Kier alpha value is -0.990. The summed E-state index contributed by atoms with van der Waals surface area (Å²) < 4.78 is 0. The number of carbonyl (C=O) groups is 1. The molecule has 0 aromatic heterocycles. The third kappa shape index (κ3) is 2.28. The van der Waals surface area contributed by atoms with Gasteiger partial charge >= 0.3 is 6.09 Å². The van der Waals surface area contributed by atoms with Gasteiger partial charge in [0.15, 0.2) is 0 Å².